The van der Waals surface area contributed by atoms with Gasteiger partial charge in [-0.2, -0.15) is 13.2 Å². The number of carbonyl (C=O) groups is 1. The molecule has 4 nitrogen and oxygen atoms in total. The van der Waals surface area contributed by atoms with Gasteiger partial charge in [0.25, 0.3) is 0 Å². The molecule has 20 heavy (non-hydrogen) atoms. The highest BCUT2D eigenvalue weighted by Gasteiger charge is 2.54. The number of hydrogen-bond donors (Lipinski definition) is 3. The van der Waals surface area contributed by atoms with Crippen LogP contribution in [0.2, 0.25) is 0 Å². The molecule has 0 aromatic heterocycles. The van der Waals surface area contributed by atoms with Crippen LogP contribution in [0.25, 0.3) is 0 Å². The topological polar surface area (TPSA) is 75.4 Å². The summed E-state index contributed by atoms with van der Waals surface area (Å²) in [6.45, 7) is 0.607. The predicted molar refractivity (Wildman–Crippen MR) is 65.7 cm³/mol. The summed E-state index contributed by atoms with van der Waals surface area (Å²) in [7, 11) is 0. The third-order valence-electron chi connectivity index (χ3n) is 3.55. The number of hydrogen-bond acceptors (Lipinski definition) is 3. The molecule has 0 radical (unpaired) electrons. The molecule has 1 aliphatic rings. The van der Waals surface area contributed by atoms with E-state index < -0.39 is 29.8 Å². The van der Waals surface area contributed by atoms with E-state index in [1.165, 1.54) is 0 Å². The van der Waals surface area contributed by atoms with Crippen molar-refractivity contribution in [1.82, 2.24) is 5.32 Å². The number of aliphatic hydroxyl groups is 1. The van der Waals surface area contributed by atoms with E-state index in [9.17, 15) is 23.1 Å². The van der Waals surface area contributed by atoms with E-state index >= 15 is 0 Å². The molecule has 2 rings (SSSR count). The Balaban J connectivity index is 2.21. The Kier molecular flexibility index (Phi) is 3.51. The standard InChI is InChI=1S/C13H15F3N2O2/c1-12(17,13(14,15)16)11(20)18-10-8-5-3-2-4-7(8)6-9(10)19/h2-5,9-10,19H,6,17H2,1H3,(H,18,20)/t9-,10+,12?/m0/s1. The van der Waals surface area contributed by atoms with Gasteiger partial charge in [0, 0.05) is 6.42 Å². The highest BCUT2D eigenvalue weighted by molar-refractivity contribution is 5.87. The lowest BCUT2D eigenvalue weighted by Gasteiger charge is -2.29. The van der Waals surface area contributed by atoms with Gasteiger partial charge in [0.2, 0.25) is 5.91 Å². The molecule has 1 unspecified atom stereocenters. The van der Waals surface area contributed by atoms with Gasteiger partial charge in [-0.3, -0.25) is 4.79 Å². The SMILES string of the molecule is CC(N)(C(=O)N[C@@H]1c2ccccc2C[C@@H]1O)C(F)(F)F. The summed E-state index contributed by atoms with van der Waals surface area (Å²) in [5, 5.41) is 12.1. The number of amides is 1. The molecule has 4 N–H and O–H groups in total. The Bertz CT molecular complexity index is 529. The molecule has 0 bridgehead atoms. The van der Waals surface area contributed by atoms with E-state index in [-0.39, 0.29) is 6.42 Å². The second-order valence-electron chi connectivity index (χ2n) is 5.12. The molecule has 0 saturated carbocycles. The molecule has 0 heterocycles. The first-order chi connectivity index (χ1) is 9.14. The van der Waals surface area contributed by atoms with Gasteiger partial charge in [-0.15, -0.1) is 0 Å². The maximum atomic E-state index is 12.7. The van der Waals surface area contributed by atoms with Crippen molar-refractivity contribution in [2.45, 2.75) is 37.2 Å². The molecule has 0 fully saturated rings. The van der Waals surface area contributed by atoms with Crippen molar-refractivity contribution in [2.75, 3.05) is 0 Å². The number of carbonyl (C=O) groups excluding carboxylic acids is 1. The maximum Gasteiger partial charge on any atom is 0.415 e. The number of aliphatic hydroxyl groups excluding tert-OH is 1. The molecular formula is C13H15F3N2O2. The molecule has 0 saturated heterocycles. The number of benzene rings is 1. The van der Waals surface area contributed by atoms with Crippen molar-refractivity contribution in [3.63, 3.8) is 0 Å². The minimum atomic E-state index is -4.86. The van der Waals surface area contributed by atoms with Crippen molar-refractivity contribution < 1.29 is 23.1 Å². The van der Waals surface area contributed by atoms with Crippen LogP contribution >= 0.6 is 0 Å². The molecule has 1 amide bonds. The van der Waals surface area contributed by atoms with Crippen LogP contribution < -0.4 is 11.1 Å². The number of halogens is 3. The van der Waals surface area contributed by atoms with Crippen LogP contribution in [0.5, 0.6) is 0 Å². The van der Waals surface area contributed by atoms with Crippen LogP contribution in [0, 0.1) is 0 Å². The van der Waals surface area contributed by atoms with Crippen LogP contribution in [-0.2, 0) is 11.2 Å². The molecule has 1 aromatic carbocycles. The van der Waals surface area contributed by atoms with E-state index in [2.05, 4.69) is 5.32 Å². The molecule has 7 heteroatoms. The third-order valence-corrected chi connectivity index (χ3v) is 3.55. The summed E-state index contributed by atoms with van der Waals surface area (Å²) in [5.41, 5.74) is 3.49. The zero-order chi connectivity index (χ0) is 15.1. The van der Waals surface area contributed by atoms with Gasteiger partial charge in [-0.1, -0.05) is 24.3 Å². The molecule has 3 atom stereocenters. The van der Waals surface area contributed by atoms with Gasteiger partial charge in [0.1, 0.15) is 0 Å². The summed E-state index contributed by atoms with van der Waals surface area (Å²) in [6.07, 6.45) is -5.53. The van der Waals surface area contributed by atoms with E-state index in [0.717, 1.165) is 5.56 Å². The van der Waals surface area contributed by atoms with Crippen molar-refractivity contribution in [3.8, 4) is 0 Å². The van der Waals surface area contributed by atoms with Gasteiger partial charge in [0.05, 0.1) is 12.1 Å². The van der Waals surface area contributed by atoms with E-state index in [1.807, 2.05) is 0 Å². The van der Waals surface area contributed by atoms with E-state index in [4.69, 9.17) is 5.73 Å². The van der Waals surface area contributed by atoms with Crippen LogP contribution in [0.15, 0.2) is 24.3 Å². The monoisotopic (exact) mass is 288 g/mol. The van der Waals surface area contributed by atoms with Gasteiger partial charge >= 0.3 is 6.18 Å². The summed E-state index contributed by atoms with van der Waals surface area (Å²) >= 11 is 0. The number of nitrogens with one attached hydrogen (secondary N) is 1. The lowest BCUT2D eigenvalue weighted by Crippen LogP contribution is -2.62. The first-order valence-corrected chi connectivity index (χ1v) is 6.07. The number of fused-ring (bicyclic) bond motifs is 1. The lowest BCUT2D eigenvalue weighted by atomic mass is 10.00. The number of alkyl halides is 3. The van der Waals surface area contributed by atoms with Crippen LogP contribution in [0.4, 0.5) is 13.2 Å². The first-order valence-electron chi connectivity index (χ1n) is 6.07. The van der Waals surface area contributed by atoms with Crippen LogP contribution in [0.3, 0.4) is 0 Å². The quantitative estimate of drug-likeness (QED) is 0.761. The lowest BCUT2D eigenvalue weighted by molar-refractivity contribution is -0.188. The van der Waals surface area contributed by atoms with Gasteiger partial charge in [-0.05, 0) is 18.1 Å². The van der Waals surface area contributed by atoms with E-state index in [0.29, 0.717) is 12.5 Å². The van der Waals surface area contributed by atoms with Crippen molar-refractivity contribution >= 4 is 5.91 Å². The highest BCUT2D eigenvalue weighted by atomic mass is 19.4. The minimum Gasteiger partial charge on any atom is -0.390 e. The summed E-state index contributed by atoms with van der Waals surface area (Å²) in [5.74, 6) is -1.36. The number of nitrogens with two attached hydrogens (primary N) is 1. The first kappa shape index (κ1) is 14.8. The highest BCUT2D eigenvalue weighted by Crippen LogP contribution is 2.33. The zero-order valence-electron chi connectivity index (χ0n) is 10.7. The van der Waals surface area contributed by atoms with Crippen molar-refractivity contribution in [2.24, 2.45) is 5.73 Å². The van der Waals surface area contributed by atoms with E-state index in [1.54, 1.807) is 24.3 Å². The third kappa shape index (κ3) is 2.38. The molecule has 0 aliphatic heterocycles. The Hall–Kier alpha value is -1.60. The van der Waals surface area contributed by atoms with Gasteiger partial charge in [0.15, 0.2) is 5.54 Å². The van der Waals surface area contributed by atoms with Gasteiger partial charge < -0.3 is 16.2 Å². The minimum absolute atomic E-state index is 0.286. The Morgan fingerprint density at radius 1 is 1.40 bits per heavy atom. The van der Waals surface area contributed by atoms with Gasteiger partial charge in [-0.25, -0.2) is 0 Å². The maximum absolute atomic E-state index is 12.7. The summed E-state index contributed by atoms with van der Waals surface area (Å²) < 4.78 is 38.1. The summed E-state index contributed by atoms with van der Waals surface area (Å²) in [4.78, 5) is 11.8. The molecule has 0 spiro atoms. The smallest absolute Gasteiger partial charge is 0.390 e. The fraction of sp³-hybridized carbons (Fsp3) is 0.462. The summed E-state index contributed by atoms with van der Waals surface area (Å²) in [6, 6.07) is 6.01. The fourth-order valence-electron chi connectivity index (χ4n) is 2.17. The van der Waals surface area contributed by atoms with Crippen LogP contribution in [-0.4, -0.2) is 28.8 Å². The Morgan fingerprint density at radius 3 is 2.60 bits per heavy atom. The normalized spacial score (nSPS) is 24.9. The second-order valence-corrected chi connectivity index (χ2v) is 5.12. The van der Waals surface area contributed by atoms with Crippen molar-refractivity contribution in [1.29, 1.82) is 0 Å². The Labute approximate surface area is 113 Å². The second kappa shape index (κ2) is 4.75. The molecule has 110 valence electrons. The fourth-order valence-corrected chi connectivity index (χ4v) is 2.17. The molecule has 1 aliphatic carbocycles. The molecular weight excluding hydrogens is 273 g/mol. The largest absolute Gasteiger partial charge is 0.415 e. The zero-order valence-corrected chi connectivity index (χ0v) is 10.7. The Morgan fingerprint density at radius 2 is 2.00 bits per heavy atom. The average molecular weight is 288 g/mol. The van der Waals surface area contributed by atoms with Crippen molar-refractivity contribution in [3.05, 3.63) is 35.4 Å². The average Bonchev–Trinajstić information content (AvgIpc) is 2.64. The van der Waals surface area contributed by atoms with Crippen LogP contribution in [0.1, 0.15) is 24.1 Å². The predicted octanol–water partition coefficient (Wildman–Crippen LogP) is 1.04. The number of rotatable bonds is 2. The molecule has 1 aromatic rings.